The first-order valence-electron chi connectivity index (χ1n) is 7.64. The Hall–Kier alpha value is -2.39. The highest BCUT2D eigenvalue weighted by Gasteiger charge is 2.22. The number of hydrogen-bond acceptors (Lipinski definition) is 6. The van der Waals surface area contributed by atoms with Gasteiger partial charge in [-0.2, -0.15) is 0 Å². The number of hydrogen-bond donors (Lipinski definition) is 2. The van der Waals surface area contributed by atoms with Crippen LogP contribution in [0.1, 0.15) is 15.9 Å². The van der Waals surface area contributed by atoms with E-state index >= 15 is 0 Å². The zero-order valence-corrected chi connectivity index (χ0v) is 15.9. The third kappa shape index (κ3) is 5.06. The standard InChI is InChI=1S/C17H19NO6S2/c1-24-14-6-4-3-5-11(14)7-12(17(20)21)9-18-16(19)13-8-15(25-10-13)26(2,22)23/h3-6,8,10,12H,7,9H2,1-2H3,(H,18,19)(H,20,21). The third-order valence-corrected chi connectivity index (χ3v) is 6.49. The molecule has 2 rings (SSSR count). The van der Waals surface area contributed by atoms with Crippen molar-refractivity contribution in [3.05, 3.63) is 46.8 Å². The first kappa shape index (κ1) is 19.9. The lowest BCUT2D eigenvalue weighted by molar-refractivity contribution is -0.141. The quantitative estimate of drug-likeness (QED) is 0.703. The van der Waals surface area contributed by atoms with Gasteiger partial charge in [0.1, 0.15) is 9.96 Å². The van der Waals surface area contributed by atoms with E-state index in [1.54, 1.807) is 24.3 Å². The van der Waals surface area contributed by atoms with Crippen LogP contribution in [0.25, 0.3) is 0 Å². The molecule has 26 heavy (non-hydrogen) atoms. The molecule has 2 N–H and O–H groups in total. The SMILES string of the molecule is COc1ccccc1CC(CNC(=O)c1csc(S(C)(=O)=O)c1)C(=O)O. The minimum atomic E-state index is -3.38. The Morgan fingerprint density at radius 3 is 2.58 bits per heavy atom. The predicted molar refractivity (Wildman–Crippen MR) is 97.6 cm³/mol. The number of nitrogens with one attached hydrogen (secondary N) is 1. The van der Waals surface area contributed by atoms with Gasteiger partial charge in [-0.25, -0.2) is 8.42 Å². The maximum atomic E-state index is 12.2. The molecule has 0 bridgehead atoms. The van der Waals surface area contributed by atoms with Gasteiger partial charge in [0, 0.05) is 18.2 Å². The highest BCUT2D eigenvalue weighted by molar-refractivity contribution is 7.92. The van der Waals surface area contributed by atoms with Crippen LogP contribution in [0, 0.1) is 5.92 Å². The molecule has 1 amide bonds. The van der Waals surface area contributed by atoms with E-state index in [4.69, 9.17) is 4.74 Å². The van der Waals surface area contributed by atoms with Crippen LogP contribution < -0.4 is 10.1 Å². The van der Waals surface area contributed by atoms with Crippen molar-refractivity contribution < 1.29 is 27.9 Å². The summed E-state index contributed by atoms with van der Waals surface area (Å²) in [6, 6.07) is 8.37. The van der Waals surface area contributed by atoms with Gasteiger partial charge < -0.3 is 15.2 Å². The lowest BCUT2D eigenvalue weighted by Crippen LogP contribution is -2.34. The van der Waals surface area contributed by atoms with E-state index in [-0.39, 0.29) is 22.7 Å². The van der Waals surface area contributed by atoms with Crippen LogP contribution >= 0.6 is 11.3 Å². The molecule has 1 atom stereocenters. The second kappa shape index (κ2) is 8.33. The van der Waals surface area contributed by atoms with E-state index in [1.807, 2.05) is 0 Å². The average Bonchev–Trinajstić information content (AvgIpc) is 3.09. The number of para-hydroxylation sites is 1. The summed E-state index contributed by atoms with van der Waals surface area (Å²) in [5, 5.41) is 13.4. The predicted octanol–water partition coefficient (Wildman–Crippen LogP) is 1.83. The van der Waals surface area contributed by atoms with Crippen LogP contribution in [0.2, 0.25) is 0 Å². The van der Waals surface area contributed by atoms with Gasteiger partial charge >= 0.3 is 5.97 Å². The van der Waals surface area contributed by atoms with Crippen molar-refractivity contribution in [1.82, 2.24) is 5.32 Å². The maximum Gasteiger partial charge on any atom is 0.308 e. The van der Waals surface area contributed by atoms with Crippen LogP contribution in [-0.2, 0) is 21.1 Å². The van der Waals surface area contributed by atoms with Crippen LogP contribution in [0.4, 0.5) is 0 Å². The van der Waals surface area contributed by atoms with E-state index in [2.05, 4.69) is 5.32 Å². The number of methoxy groups -OCH3 is 1. The summed E-state index contributed by atoms with van der Waals surface area (Å²) in [6.45, 7) is -0.0870. The molecule has 2 aromatic rings. The van der Waals surface area contributed by atoms with Gasteiger partial charge in [0.25, 0.3) is 5.91 Å². The number of ether oxygens (including phenoxy) is 1. The zero-order valence-electron chi connectivity index (χ0n) is 14.3. The van der Waals surface area contributed by atoms with Crippen molar-refractivity contribution in [2.75, 3.05) is 19.9 Å². The average molecular weight is 397 g/mol. The highest BCUT2D eigenvalue weighted by Crippen LogP contribution is 2.22. The first-order chi connectivity index (χ1) is 12.2. The summed E-state index contributed by atoms with van der Waals surface area (Å²) >= 11 is 0.951. The minimum Gasteiger partial charge on any atom is -0.496 e. The summed E-state index contributed by atoms with van der Waals surface area (Å²) in [4.78, 5) is 23.7. The molecule has 1 aromatic heterocycles. The summed E-state index contributed by atoms with van der Waals surface area (Å²) in [5.41, 5.74) is 0.920. The summed E-state index contributed by atoms with van der Waals surface area (Å²) in [6.07, 6.45) is 1.26. The largest absolute Gasteiger partial charge is 0.496 e. The molecular weight excluding hydrogens is 378 g/mol. The van der Waals surface area contributed by atoms with Crippen LogP contribution in [-0.4, -0.2) is 45.3 Å². The molecular formula is C17H19NO6S2. The van der Waals surface area contributed by atoms with Gasteiger partial charge in [-0.05, 0) is 24.1 Å². The molecule has 0 aliphatic carbocycles. The Kier molecular flexibility index (Phi) is 6.38. The molecule has 0 saturated heterocycles. The fraction of sp³-hybridized carbons (Fsp3) is 0.294. The number of carbonyl (C=O) groups excluding carboxylic acids is 1. The van der Waals surface area contributed by atoms with Crippen molar-refractivity contribution in [1.29, 1.82) is 0 Å². The van der Waals surface area contributed by atoms with Crippen molar-refractivity contribution in [3.63, 3.8) is 0 Å². The Labute approximate surface area is 155 Å². The maximum absolute atomic E-state index is 12.2. The molecule has 0 saturated carbocycles. The molecule has 0 spiro atoms. The normalized spacial score (nSPS) is 12.4. The van der Waals surface area contributed by atoms with E-state index < -0.39 is 27.6 Å². The Morgan fingerprint density at radius 2 is 2.00 bits per heavy atom. The van der Waals surface area contributed by atoms with Crippen molar-refractivity contribution in [2.45, 2.75) is 10.6 Å². The van der Waals surface area contributed by atoms with E-state index in [1.165, 1.54) is 18.6 Å². The molecule has 0 radical (unpaired) electrons. The van der Waals surface area contributed by atoms with Gasteiger partial charge in [-0.3, -0.25) is 9.59 Å². The van der Waals surface area contributed by atoms with Gasteiger partial charge in [0.05, 0.1) is 18.6 Å². The molecule has 7 nitrogen and oxygen atoms in total. The molecule has 1 unspecified atom stereocenters. The molecule has 1 heterocycles. The van der Waals surface area contributed by atoms with Crippen molar-refractivity contribution >= 4 is 33.1 Å². The fourth-order valence-electron chi connectivity index (χ4n) is 2.33. The number of aliphatic carboxylic acids is 1. The van der Waals surface area contributed by atoms with Gasteiger partial charge in [-0.1, -0.05) is 18.2 Å². The Bertz CT molecular complexity index is 903. The smallest absolute Gasteiger partial charge is 0.308 e. The highest BCUT2D eigenvalue weighted by atomic mass is 32.2. The van der Waals surface area contributed by atoms with E-state index in [0.29, 0.717) is 5.75 Å². The number of carboxylic acids is 1. The summed E-state index contributed by atoms with van der Waals surface area (Å²) < 4.78 is 28.3. The minimum absolute atomic E-state index is 0.0870. The van der Waals surface area contributed by atoms with Crippen molar-refractivity contribution in [2.24, 2.45) is 5.92 Å². The third-order valence-electron chi connectivity index (χ3n) is 3.72. The number of sulfone groups is 1. The fourth-order valence-corrected chi connectivity index (χ4v) is 4.13. The molecule has 1 aromatic carbocycles. The topological polar surface area (TPSA) is 110 Å². The number of thiophene rings is 1. The van der Waals surface area contributed by atoms with Crippen LogP contribution in [0.5, 0.6) is 5.75 Å². The number of amides is 1. The van der Waals surface area contributed by atoms with E-state index in [9.17, 15) is 23.1 Å². The Balaban J connectivity index is 2.05. The summed E-state index contributed by atoms with van der Waals surface area (Å²) in [5.74, 6) is -1.82. The molecule has 0 aliphatic heterocycles. The number of carbonyl (C=O) groups is 2. The number of rotatable bonds is 8. The number of carboxylic acid groups (broad SMARTS) is 1. The molecule has 9 heteroatoms. The number of benzene rings is 1. The lowest BCUT2D eigenvalue weighted by atomic mass is 9.98. The van der Waals surface area contributed by atoms with Crippen molar-refractivity contribution in [3.8, 4) is 5.75 Å². The lowest BCUT2D eigenvalue weighted by Gasteiger charge is -2.15. The zero-order chi connectivity index (χ0) is 19.3. The first-order valence-corrected chi connectivity index (χ1v) is 10.4. The molecule has 0 aliphatic rings. The molecule has 140 valence electrons. The second-order valence-corrected chi connectivity index (χ2v) is 8.84. The van der Waals surface area contributed by atoms with Gasteiger partial charge in [0.2, 0.25) is 0 Å². The Morgan fingerprint density at radius 1 is 1.31 bits per heavy atom. The van der Waals surface area contributed by atoms with Crippen LogP contribution in [0.15, 0.2) is 39.9 Å². The van der Waals surface area contributed by atoms with Crippen LogP contribution in [0.3, 0.4) is 0 Å². The van der Waals surface area contributed by atoms with Gasteiger partial charge in [0.15, 0.2) is 9.84 Å². The van der Waals surface area contributed by atoms with E-state index in [0.717, 1.165) is 23.2 Å². The van der Waals surface area contributed by atoms with Gasteiger partial charge in [-0.15, -0.1) is 11.3 Å². The second-order valence-electron chi connectivity index (χ2n) is 5.69. The summed E-state index contributed by atoms with van der Waals surface area (Å²) in [7, 11) is -1.87. The molecule has 0 fully saturated rings. The monoisotopic (exact) mass is 397 g/mol.